The fourth-order valence-electron chi connectivity index (χ4n) is 2.00. The Kier molecular flexibility index (Phi) is 5.22. The van der Waals surface area contributed by atoms with E-state index in [2.05, 4.69) is 5.43 Å². The third-order valence-corrected chi connectivity index (χ3v) is 3.07. The molecule has 0 aliphatic heterocycles. The number of allylic oxidation sites excluding steroid dienone is 1. The third-order valence-electron chi connectivity index (χ3n) is 3.07. The molecule has 23 heavy (non-hydrogen) atoms. The Morgan fingerprint density at radius 3 is 2.17 bits per heavy atom. The molecule has 0 aliphatic carbocycles. The van der Waals surface area contributed by atoms with E-state index in [4.69, 9.17) is 0 Å². The summed E-state index contributed by atoms with van der Waals surface area (Å²) >= 11 is 0. The van der Waals surface area contributed by atoms with E-state index in [0.29, 0.717) is 11.3 Å². The first-order valence-corrected chi connectivity index (χ1v) is 6.97. The van der Waals surface area contributed by atoms with E-state index in [9.17, 15) is 14.9 Å². The topological polar surface area (TPSA) is 75.5 Å². The molecule has 0 atom stereocenters. The van der Waals surface area contributed by atoms with Crippen molar-refractivity contribution >= 4 is 17.2 Å². The number of nitro benzene ring substituents is 1. The number of carbonyl (C=O) groups is 1. The summed E-state index contributed by atoms with van der Waals surface area (Å²) in [4.78, 5) is 22.6. The SMILES string of the molecule is CN(C)NC(=CC(=O)c1ccc([N+](=O)[O-])cc1)c1ccccc1. The van der Waals surface area contributed by atoms with Gasteiger partial charge in [0.2, 0.25) is 0 Å². The Balaban J connectivity index is 2.30. The third kappa shape index (κ3) is 4.49. The minimum Gasteiger partial charge on any atom is -0.319 e. The summed E-state index contributed by atoms with van der Waals surface area (Å²) in [6.07, 6.45) is 1.48. The maximum atomic E-state index is 12.4. The van der Waals surface area contributed by atoms with Gasteiger partial charge in [-0.05, 0) is 17.7 Å². The molecule has 6 heteroatoms. The molecule has 1 N–H and O–H groups in total. The minimum absolute atomic E-state index is 0.0415. The van der Waals surface area contributed by atoms with Gasteiger partial charge in [0.25, 0.3) is 5.69 Å². The molecular formula is C17H17N3O3. The van der Waals surface area contributed by atoms with E-state index in [1.54, 1.807) is 5.01 Å². The minimum atomic E-state index is -0.493. The standard InChI is InChI=1S/C17H17N3O3/c1-19(2)18-16(13-6-4-3-5-7-13)12-17(21)14-8-10-15(11-9-14)20(22)23/h3-12,18H,1-2H3. The van der Waals surface area contributed by atoms with E-state index in [1.165, 1.54) is 30.3 Å². The Morgan fingerprint density at radius 1 is 1.04 bits per heavy atom. The summed E-state index contributed by atoms with van der Waals surface area (Å²) in [5, 5.41) is 12.4. The molecule has 0 radical (unpaired) electrons. The number of rotatable bonds is 6. The Hall–Kier alpha value is -2.99. The number of hydrazine groups is 1. The number of hydrogen-bond acceptors (Lipinski definition) is 5. The largest absolute Gasteiger partial charge is 0.319 e. The average molecular weight is 311 g/mol. The zero-order chi connectivity index (χ0) is 16.8. The molecule has 0 heterocycles. The van der Waals surface area contributed by atoms with Crippen LogP contribution in [0.5, 0.6) is 0 Å². The number of nitrogens with one attached hydrogen (secondary N) is 1. The predicted octanol–water partition coefficient (Wildman–Crippen LogP) is 2.88. The Morgan fingerprint density at radius 2 is 1.65 bits per heavy atom. The lowest BCUT2D eigenvalue weighted by Gasteiger charge is -2.17. The lowest BCUT2D eigenvalue weighted by Crippen LogP contribution is -2.29. The maximum absolute atomic E-state index is 12.4. The molecule has 0 aromatic heterocycles. The van der Waals surface area contributed by atoms with E-state index < -0.39 is 4.92 Å². The van der Waals surface area contributed by atoms with Crippen molar-refractivity contribution < 1.29 is 9.72 Å². The van der Waals surface area contributed by atoms with Crippen LogP contribution in [-0.2, 0) is 0 Å². The van der Waals surface area contributed by atoms with Crippen LogP contribution in [0.25, 0.3) is 5.70 Å². The van der Waals surface area contributed by atoms with Crippen LogP contribution in [0, 0.1) is 10.1 Å². The van der Waals surface area contributed by atoms with Crippen molar-refractivity contribution in [3.05, 3.63) is 81.9 Å². The van der Waals surface area contributed by atoms with Gasteiger partial charge in [-0.1, -0.05) is 30.3 Å². The highest BCUT2D eigenvalue weighted by Crippen LogP contribution is 2.16. The molecule has 0 fully saturated rings. The number of nitro groups is 1. The lowest BCUT2D eigenvalue weighted by molar-refractivity contribution is -0.384. The first-order valence-electron chi connectivity index (χ1n) is 6.97. The van der Waals surface area contributed by atoms with Gasteiger partial charge in [-0.2, -0.15) is 0 Å². The predicted molar refractivity (Wildman–Crippen MR) is 88.7 cm³/mol. The smallest absolute Gasteiger partial charge is 0.269 e. The van der Waals surface area contributed by atoms with Crippen LogP contribution in [0.15, 0.2) is 60.7 Å². The van der Waals surface area contributed by atoms with Gasteiger partial charge >= 0.3 is 0 Å². The van der Waals surface area contributed by atoms with Crippen molar-refractivity contribution in [2.75, 3.05) is 14.1 Å². The van der Waals surface area contributed by atoms with Crippen LogP contribution < -0.4 is 5.43 Å². The second kappa shape index (κ2) is 7.33. The average Bonchev–Trinajstić information content (AvgIpc) is 2.54. The highest BCUT2D eigenvalue weighted by molar-refractivity contribution is 6.08. The normalized spacial score (nSPS) is 11.3. The Labute approximate surface area is 134 Å². The molecule has 6 nitrogen and oxygen atoms in total. The summed E-state index contributed by atoms with van der Waals surface area (Å²) in [5.74, 6) is -0.229. The molecule has 0 unspecified atom stereocenters. The van der Waals surface area contributed by atoms with Crippen molar-refractivity contribution in [1.82, 2.24) is 10.4 Å². The van der Waals surface area contributed by atoms with Crippen molar-refractivity contribution in [3.8, 4) is 0 Å². The molecule has 2 aromatic rings. The molecule has 118 valence electrons. The second-order valence-corrected chi connectivity index (χ2v) is 5.10. The van der Waals surface area contributed by atoms with Crippen LogP contribution >= 0.6 is 0 Å². The summed E-state index contributed by atoms with van der Waals surface area (Å²) in [5.41, 5.74) is 4.97. The molecule has 0 saturated heterocycles. The van der Waals surface area contributed by atoms with Crippen LogP contribution in [0.2, 0.25) is 0 Å². The first kappa shape index (κ1) is 16.4. The summed E-state index contributed by atoms with van der Waals surface area (Å²) in [6.45, 7) is 0. The van der Waals surface area contributed by atoms with Gasteiger partial charge in [0.15, 0.2) is 5.78 Å². The molecule has 0 spiro atoms. The number of non-ortho nitro benzene ring substituents is 1. The van der Waals surface area contributed by atoms with Crippen LogP contribution in [-0.4, -0.2) is 29.8 Å². The van der Waals surface area contributed by atoms with E-state index in [-0.39, 0.29) is 11.5 Å². The Bertz CT molecular complexity index is 723. The molecule has 2 aromatic carbocycles. The number of carbonyl (C=O) groups excluding carboxylic acids is 1. The van der Waals surface area contributed by atoms with Gasteiger partial charge in [0.1, 0.15) is 0 Å². The van der Waals surface area contributed by atoms with Gasteiger partial charge in [-0.15, -0.1) is 0 Å². The maximum Gasteiger partial charge on any atom is 0.269 e. The number of benzene rings is 2. The van der Waals surface area contributed by atoms with Crippen molar-refractivity contribution in [1.29, 1.82) is 0 Å². The number of hydrogen-bond donors (Lipinski definition) is 1. The quantitative estimate of drug-likeness (QED) is 0.384. The second-order valence-electron chi connectivity index (χ2n) is 5.10. The van der Waals surface area contributed by atoms with Crippen molar-refractivity contribution in [2.45, 2.75) is 0 Å². The molecule has 0 amide bonds. The van der Waals surface area contributed by atoms with Crippen molar-refractivity contribution in [3.63, 3.8) is 0 Å². The monoisotopic (exact) mass is 311 g/mol. The zero-order valence-electron chi connectivity index (χ0n) is 12.9. The van der Waals surface area contributed by atoms with Gasteiger partial charge in [0, 0.05) is 37.9 Å². The van der Waals surface area contributed by atoms with Gasteiger partial charge < -0.3 is 5.43 Å². The zero-order valence-corrected chi connectivity index (χ0v) is 12.9. The lowest BCUT2D eigenvalue weighted by atomic mass is 10.1. The van der Waals surface area contributed by atoms with Gasteiger partial charge in [-0.3, -0.25) is 14.9 Å². The van der Waals surface area contributed by atoms with Gasteiger partial charge in [-0.25, -0.2) is 5.01 Å². The number of ketones is 1. The molecule has 0 aliphatic rings. The molecular weight excluding hydrogens is 294 g/mol. The van der Waals surface area contributed by atoms with E-state index in [0.717, 1.165) is 5.56 Å². The van der Waals surface area contributed by atoms with Gasteiger partial charge in [0.05, 0.1) is 10.6 Å². The summed E-state index contributed by atoms with van der Waals surface area (Å²) < 4.78 is 0. The van der Waals surface area contributed by atoms with E-state index in [1.807, 2.05) is 44.4 Å². The van der Waals surface area contributed by atoms with E-state index >= 15 is 0 Å². The summed E-state index contributed by atoms with van der Waals surface area (Å²) in [7, 11) is 3.65. The first-order chi connectivity index (χ1) is 11.0. The fraction of sp³-hybridized carbons (Fsp3) is 0.118. The van der Waals surface area contributed by atoms with Crippen LogP contribution in [0.1, 0.15) is 15.9 Å². The van der Waals surface area contributed by atoms with Crippen LogP contribution in [0.3, 0.4) is 0 Å². The molecule has 0 bridgehead atoms. The summed E-state index contributed by atoms with van der Waals surface area (Å²) in [6, 6.07) is 15.0. The molecule has 2 rings (SSSR count). The number of nitrogens with zero attached hydrogens (tertiary/aromatic N) is 2. The van der Waals surface area contributed by atoms with Crippen molar-refractivity contribution in [2.24, 2.45) is 0 Å². The molecule has 0 saturated carbocycles. The highest BCUT2D eigenvalue weighted by atomic mass is 16.6. The highest BCUT2D eigenvalue weighted by Gasteiger charge is 2.10. The fourth-order valence-corrected chi connectivity index (χ4v) is 2.00. The van der Waals surface area contributed by atoms with Crippen LogP contribution in [0.4, 0.5) is 5.69 Å².